The number of carbonyl (C=O) groups excluding carboxylic acids is 2. The van der Waals surface area contributed by atoms with Crippen LogP contribution in [0.1, 0.15) is 15.9 Å². The Morgan fingerprint density at radius 3 is 2.45 bits per heavy atom. The lowest BCUT2D eigenvalue weighted by Gasteiger charge is -2.16. The number of nitrogens with one attached hydrogen (secondary N) is 1. The van der Waals surface area contributed by atoms with Crippen LogP contribution >= 0.6 is 31.9 Å². The van der Waals surface area contributed by atoms with Gasteiger partial charge in [0, 0.05) is 20.9 Å². The maximum absolute atomic E-state index is 12.2. The third-order valence-corrected chi connectivity index (χ3v) is 4.38. The van der Waals surface area contributed by atoms with Gasteiger partial charge in [0.1, 0.15) is 6.04 Å². The Morgan fingerprint density at radius 1 is 1.09 bits per heavy atom. The van der Waals surface area contributed by atoms with Crippen LogP contribution in [0.25, 0.3) is 0 Å². The molecule has 0 aliphatic heterocycles. The van der Waals surface area contributed by atoms with Crippen molar-refractivity contribution in [1.29, 1.82) is 0 Å². The van der Waals surface area contributed by atoms with Crippen LogP contribution in [-0.2, 0) is 11.2 Å². The Kier molecular flexibility index (Phi) is 5.74. The molecule has 0 unspecified atom stereocenters. The van der Waals surface area contributed by atoms with E-state index in [4.69, 9.17) is 5.73 Å². The van der Waals surface area contributed by atoms with Crippen molar-refractivity contribution in [1.82, 2.24) is 5.32 Å². The average molecular weight is 426 g/mol. The maximum atomic E-state index is 12.2. The Morgan fingerprint density at radius 2 is 1.82 bits per heavy atom. The van der Waals surface area contributed by atoms with Gasteiger partial charge in [-0.05, 0) is 29.8 Å². The van der Waals surface area contributed by atoms with Crippen LogP contribution in [0.2, 0.25) is 0 Å². The molecule has 0 saturated heterocycles. The van der Waals surface area contributed by atoms with Gasteiger partial charge < -0.3 is 11.1 Å². The van der Waals surface area contributed by atoms with E-state index in [9.17, 15) is 9.59 Å². The molecular weight excluding hydrogens is 412 g/mol. The second-order valence-corrected chi connectivity index (χ2v) is 6.50. The quantitative estimate of drug-likeness (QED) is 0.772. The number of benzene rings is 2. The van der Waals surface area contributed by atoms with Crippen molar-refractivity contribution < 1.29 is 9.59 Å². The van der Waals surface area contributed by atoms with E-state index in [0.717, 1.165) is 14.5 Å². The summed E-state index contributed by atoms with van der Waals surface area (Å²) in [6.45, 7) is 0. The lowest BCUT2D eigenvalue weighted by Crippen LogP contribution is -2.45. The van der Waals surface area contributed by atoms with E-state index in [1.165, 1.54) is 0 Å². The number of carbonyl (C=O) groups is 2. The van der Waals surface area contributed by atoms with Gasteiger partial charge in [-0.1, -0.05) is 56.1 Å². The van der Waals surface area contributed by atoms with Crippen molar-refractivity contribution in [2.75, 3.05) is 0 Å². The van der Waals surface area contributed by atoms with E-state index in [-0.39, 0.29) is 5.91 Å². The van der Waals surface area contributed by atoms with Gasteiger partial charge in [0.2, 0.25) is 5.91 Å². The van der Waals surface area contributed by atoms with Crippen molar-refractivity contribution >= 4 is 43.7 Å². The average Bonchev–Trinajstić information content (AvgIpc) is 2.48. The summed E-state index contributed by atoms with van der Waals surface area (Å²) >= 11 is 6.73. The van der Waals surface area contributed by atoms with Crippen molar-refractivity contribution in [3.05, 3.63) is 68.6 Å². The molecule has 114 valence electrons. The summed E-state index contributed by atoms with van der Waals surface area (Å²) in [7, 11) is 0. The summed E-state index contributed by atoms with van der Waals surface area (Å²) < 4.78 is 1.67. The number of rotatable bonds is 5. The Bertz CT molecular complexity index is 704. The first-order valence-electron chi connectivity index (χ1n) is 6.56. The molecule has 0 radical (unpaired) electrons. The lowest BCUT2D eigenvalue weighted by atomic mass is 10.0. The fourth-order valence-electron chi connectivity index (χ4n) is 1.98. The molecule has 0 saturated carbocycles. The number of primary amides is 1. The van der Waals surface area contributed by atoms with Crippen LogP contribution < -0.4 is 11.1 Å². The van der Waals surface area contributed by atoms with E-state index >= 15 is 0 Å². The molecule has 0 aliphatic rings. The summed E-state index contributed by atoms with van der Waals surface area (Å²) in [5.74, 6) is -0.906. The first kappa shape index (κ1) is 16.7. The fraction of sp³-hybridized carbons (Fsp3) is 0.125. The van der Waals surface area contributed by atoms with Crippen LogP contribution in [0.3, 0.4) is 0 Å². The van der Waals surface area contributed by atoms with Gasteiger partial charge in [-0.3, -0.25) is 9.59 Å². The van der Waals surface area contributed by atoms with Gasteiger partial charge in [0.15, 0.2) is 0 Å². The summed E-state index contributed by atoms with van der Waals surface area (Å²) in [5, 5.41) is 2.68. The number of halogens is 2. The Labute approximate surface area is 145 Å². The van der Waals surface area contributed by atoms with Crippen LogP contribution in [0.5, 0.6) is 0 Å². The Hall–Kier alpha value is -1.66. The molecule has 2 aromatic carbocycles. The van der Waals surface area contributed by atoms with E-state index in [1.54, 1.807) is 18.2 Å². The van der Waals surface area contributed by atoms with Crippen molar-refractivity contribution in [3.63, 3.8) is 0 Å². The highest BCUT2D eigenvalue weighted by atomic mass is 79.9. The van der Waals surface area contributed by atoms with Gasteiger partial charge in [0.05, 0.1) is 0 Å². The standard InChI is InChI=1S/C16H14Br2N2O2/c17-12-6-3-5-11(8-12)16(22)20-14(15(19)21)9-10-4-1-2-7-13(10)18/h1-8,14H,9H2,(H2,19,21)(H,20,22)/t14-/m0/s1. The second kappa shape index (κ2) is 7.56. The number of amides is 2. The highest BCUT2D eigenvalue weighted by Gasteiger charge is 2.20. The molecule has 0 heterocycles. The maximum Gasteiger partial charge on any atom is 0.251 e. The van der Waals surface area contributed by atoms with E-state index in [1.807, 2.05) is 30.3 Å². The molecule has 2 rings (SSSR count). The largest absolute Gasteiger partial charge is 0.368 e. The molecule has 0 bridgehead atoms. The molecule has 22 heavy (non-hydrogen) atoms. The molecule has 2 aromatic rings. The molecule has 2 amide bonds. The highest BCUT2D eigenvalue weighted by Crippen LogP contribution is 2.18. The van der Waals surface area contributed by atoms with Crippen LogP contribution in [0.4, 0.5) is 0 Å². The number of hydrogen-bond acceptors (Lipinski definition) is 2. The minimum atomic E-state index is -0.773. The molecule has 0 spiro atoms. The summed E-state index contributed by atoms with van der Waals surface area (Å²) in [4.78, 5) is 23.9. The lowest BCUT2D eigenvalue weighted by molar-refractivity contribution is -0.119. The smallest absolute Gasteiger partial charge is 0.251 e. The van der Waals surface area contributed by atoms with Crippen LogP contribution in [-0.4, -0.2) is 17.9 Å². The van der Waals surface area contributed by atoms with E-state index < -0.39 is 11.9 Å². The predicted octanol–water partition coefficient (Wildman–Crippen LogP) is 3.04. The number of nitrogens with two attached hydrogens (primary N) is 1. The zero-order valence-corrected chi connectivity index (χ0v) is 14.7. The van der Waals surface area contributed by atoms with Crippen LogP contribution in [0.15, 0.2) is 57.5 Å². The summed E-state index contributed by atoms with van der Waals surface area (Å²) in [6, 6.07) is 13.7. The minimum Gasteiger partial charge on any atom is -0.368 e. The highest BCUT2D eigenvalue weighted by molar-refractivity contribution is 9.10. The molecular formula is C16H14Br2N2O2. The first-order valence-corrected chi connectivity index (χ1v) is 8.15. The summed E-state index contributed by atoms with van der Waals surface area (Å²) in [6.07, 6.45) is 0.330. The van der Waals surface area contributed by atoms with E-state index in [0.29, 0.717) is 12.0 Å². The number of hydrogen-bond donors (Lipinski definition) is 2. The third kappa shape index (κ3) is 4.42. The van der Waals surface area contributed by atoms with Crippen molar-refractivity contribution in [3.8, 4) is 0 Å². The van der Waals surface area contributed by atoms with Gasteiger partial charge in [-0.2, -0.15) is 0 Å². The topological polar surface area (TPSA) is 72.2 Å². The molecule has 3 N–H and O–H groups in total. The van der Waals surface area contributed by atoms with Crippen molar-refractivity contribution in [2.45, 2.75) is 12.5 Å². The fourth-order valence-corrected chi connectivity index (χ4v) is 2.82. The molecule has 0 fully saturated rings. The van der Waals surface area contributed by atoms with E-state index in [2.05, 4.69) is 37.2 Å². The Balaban J connectivity index is 2.14. The van der Waals surface area contributed by atoms with Crippen molar-refractivity contribution in [2.24, 2.45) is 5.73 Å². The third-order valence-electron chi connectivity index (χ3n) is 3.12. The first-order chi connectivity index (χ1) is 10.5. The predicted molar refractivity (Wildman–Crippen MR) is 92.4 cm³/mol. The molecule has 6 heteroatoms. The summed E-state index contributed by atoms with van der Waals surface area (Å²) in [5.41, 5.74) is 6.78. The molecule has 1 atom stereocenters. The normalized spacial score (nSPS) is 11.7. The molecule has 0 aromatic heterocycles. The monoisotopic (exact) mass is 424 g/mol. The molecule has 0 aliphatic carbocycles. The van der Waals surface area contributed by atoms with Crippen LogP contribution in [0, 0.1) is 0 Å². The van der Waals surface area contributed by atoms with Gasteiger partial charge in [0.25, 0.3) is 5.91 Å². The van der Waals surface area contributed by atoms with Gasteiger partial charge in [-0.15, -0.1) is 0 Å². The van der Waals surface area contributed by atoms with Gasteiger partial charge >= 0.3 is 0 Å². The molecule has 4 nitrogen and oxygen atoms in total. The zero-order chi connectivity index (χ0) is 16.1. The van der Waals surface area contributed by atoms with Gasteiger partial charge in [-0.25, -0.2) is 0 Å². The second-order valence-electron chi connectivity index (χ2n) is 4.73. The SMILES string of the molecule is NC(=O)[C@H](Cc1ccccc1Br)NC(=O)c1cccc(Br)c1. The zero-order valence-electron chi connectivity index (χ0n) is 11.6. The minimum absolute atomic E-state index is 0.330.